The lowest BCUT2D eigenvalue weighted by Gasteiger charge is -2.37. The lowest BCUT2D eigenvalue weighted by atomic mass is 9.67. The number of hydrogen-bond acceptors (Lipinski definition) is 5. The molecule has 9 nitrogen and oxygen atoms in total. The van der Waals surface area contributed by atoms with Crippen molar-refractivity contribution in [1.29, 1.82) is 5.26 Å². The number of benzene rings is 1. The van der Waals surface area contributed by atoms with Crippen LogP contribution in [0.4, 0.5) is 0 Å². The maximum Gasteiger partial charge on any atom is 0.271 e. The van der Waals surface area contributed by atoms with E-state index in [2.05, 4.69) is 21.7 Å². The summed E-state index contributed by atoms with van der Waals surface area (Å²) < 4.78 is 5.42. The average Bonchev–Trinajstić information content (AvgIpc) is 3.47. The van der Waals surface area contributed by atoms with Crippen LogP contribution in [0.3, 0.4) is 0 Å². The van der Waals surface area contributed by atoms with Gasteiger partial charge in [0.1, 0.15) is 23.5 Å². The third-order valence-corrected chi connectivity index (χ3v) is 7.95. The molecule has 5 rings (SSSR count). The molecule has 3 fully saturated rings. The molecular weight excluding hydrogens is 446 g/mol. The summed E-state index contributed by atoms with van der Waals surface area (Å²) in [5.74, 6) is -0.223. The predicted molar refractivity (Wildman–Crippen MR) is 128 cm³/mol. The zero-order chi connectivity index (χ0) is 24.6. The summed E-state index contributed by atoms with van der Waals surface area (Å²) in [5, 5.41) is 16.2. The highest BCUT2D eigenvalue weighted by Crippen LogP contribution is 2.50. The van der Waals surface area contributed by atoms with Crippen molar-refractivity contribution in [3.8, 4) is 11.8 Å². The fourth-order valence-electron chi connectivity index (χ4n) is 5.88. The topological polar surface area (TPSA) is 127 Å². The summed E-state index contributed by atoms with van der Waals surface area (Å²) in [6.45, 7) is 1.18. The summed E-state index contributed by atoms with van der Waals surface area (Å²) in [5.41, 5.74) is 1.17. The lowest BCUT2D eigenvalue weighted by molar-refractivity contribution is -0.128. The number of nitriles is 1. The Bertz CT molecular complexity index is 1190. The van der Waals surface area contributed by atoms with Gasteiger partial charge in [0.05, 0.1) is 13.2 Å². The van der Waals surface area contributed by atoms with E-state index >= 15 is 0 Å². The van der Waals surface area contributed by atoms with Gasteiger partial charge in [-0.25, -0.2) is 0 Å². The Morgan fingerprint density at radius 3 is 2.86 bits per heavy atom. The van der Waals surface area contributed by atoms with Crippen LogP contribution in [0.1, 0.15) is 55.4 Å². The predicted octanol–water partition coefficient (Wildman–Crippen LogP) is 2.49. The zero-order valence-corrected chi connectivity index (χ0v) is 19.9. The number of nitrogens with zero attached hydrogens (tertiary/aromatic N) is 2. The second-order valence-electron chi connectivity index (χ2n) is 10.2. The van der Waals surface area contributed by atoms with Gasteiger partial charge in [-0.15, -0.1) is 0 Å². The molecule has 2 aromatic rings. The molecule has 35 heavy (non-hydrogen) atoms. The van der Waals surface area contributed by atoms with Crippen LogP contribution in [0, 0.1) is 22.7 Å². The van der Waals surface area contributed by atoms with E-state index in [4.69, 9.17) is 4.74 Å². The largest absolute Gasteiger partial charge is 0.496 e. The number of hydrogen-bond donors (Lipinski definition) is 3. The molecule has 3 atom stereocenters. The molecule has 3 unspecified atom stereocenters. The second kappa shape index (κ2) is 9.25. The summed E-state index contributed by atoms with van der Waals surface area (Å²) in [6.07, 6.45) is 5.53. The van der Waals surface area contributed by atoms with E-state index in [9.17, 15) is 19.6 Å². The number of piperidine rings is 1. The fraction of sp³-hybridized carbons (Fsp3) is 0.538. The van der Waals surface area contributed by atoms with E-state index in [1.807, 2.05) is 18.2 Å². The quantitative estimate of drug-likeness (QED) is 0.589. The van der Waals surface area contributed by atoms with Crippen molar-refractivity contribution in [3.63, 3.8) is 0 Å². The molecule has 9 heteroatoms. The number of ether oxygens (including phenoxy) is 1. The van der Waals surface area contributed by atoms with Crippen LogP contribution in [0.2, 0.25) is 0 Å². The van der Waals surface area contributed by atoms with Crippen LogP contribution in [0.25, 0.3) is 10.9 Å². The first kappa shape index (κ1) is 23.2. The van der Waals surface area contributed by atoms with Crippen LogP contribution in [0.15, 0.2) is 24.3 Å². The molecule has 0 radical (unpaired) electrons. The Morgan fingerprint density at radius 1 is 1.34 bits per heavy atom. The Hall–Kier alpha value is -3.54. The van der Waals surface area contributed by atoms with Gasteiger partial charge in [0, 0.05) is 29.9 Å². The van der Waals surface area contributed by atoms with E-state index < -0.39 is 12.1 Å². The minimum atomic E-state index is -0.774. The fourth-order valence-corrected chi connectivity index (χ4v) is 5.88. The summed E-state index contributed by atoms with van der Waals surface area (Å²) in [7, 11) is 1.59. The molecule has 3 heterocycles. The molecule has 1 saturated carbocycles. The van der Waals surface area contributed by atoms with Crippen LogP contribution in [-0.2, 0) is 9.59 Å². The first-order valence-electron chi connectivity index (χ1n) is 12.4. The number of methoxy groups -OCH3 is 1. The van der Waals surface area contributed by atoms with Crippen LogP contribution < -0.4 is 15.4 Å². The molecule has 0 bridgehead atoms. The maximum atomic E-state index is 13.6. The Labute approximate surface area is 204 Å². The van der Waals surface area contributed by atoms with Gasteiger partial charge in [-0.1, -0.05) is 12.5 Å². The van der Waals surface area contributed by atoms with Gasteiger partial charge in [-0.2, -0.15) is 5.26 Å². The Morgan fingerprint density at radius 2 is 2.17 bits per heavy atom. The molecule has 1 spiro atoms. The van der Waals surface area contributed by atoms with Crippen LogP contribution >= 0.6 is 0 Å². The highest BCUT2D eigenvalue weighted by molar-refractivity contribution is 6.02. The number of aromatic amines is 1. The maximum absolute atomic E-state index is 13.6. The van der Waals surface area contributed by atoms with Crippen LogP contribution in [-0.4, -0.2) is 59.9 Å². The van der Waals surface area contributed by atoms with E-state index in [1.165, 1.54) is 0 Å². The van der Waals surface area contributed by atoms with Crippen molar-refractivity contribution in [2.45, 2.75) is 57.0 Å². The molecule has 3 N–H and O–H groups in total. The van der Waals surface area contributed by atoms with Crippen molar-refractivity contribution in [3.05, 3.63) is 30.0 Å². The number of carbonyl (C=O) groups excluding carboxylic acids is 3. The number of carbonyl (C=O) groups is 3. The molecule has 2 saturated heterocycles. The molecule has 184 valence electrons. The van der Waals surface area contributed by atoms with Gasteiger partial charge in [-0.05, 0) is 62.1 Å². The van der Waals surface area contributed by atoms with Gasteiger partial charge in [0.2, 0.25) is 11.8 Å². The van der Waals surface area contributed by atoms with Crippen molar-refractivity contribution < 1.29 is 19.1 Å². The van der Waals surface area contributed by atoms with Crippen LogP contribution in [0.5, 0.6) is 5.75 Å². The third-order valence-electron chi connectivity index (χ3n) is 7.95. The molecule has 1 aromatic carbocycles. The smallest absolute Gasteiger partial charge is 0.271 e. The number of H-pyrrole nitrogens is 1. The zero-order valence-electron chi connectivity index (χ0n) is 19.9. The highest BCUT2D eigenvalue weighted by atomic mass is 16.5. The minimum Gasteiger partial charge on any atom is -0.496 e. The van der Waals surface area contributed by atoms with E-state index in [0.29, 0.717) is 37.4 Å². The number of fused-ring (bicyclic) bond motifs is 1. The number of aromatic nitrogens is 1. The van der Waals surface area contributed by atoms with Crippen molar-refractivity contribution in [2.24, 2.45) is 11.3 Å². The summed E-state index contributed by atoms with van der Waals surface area (Å²) >= 11 is 0. The van der Waals surface area contributed by atoms with Gasteiger partial charge >= 0.3 is 0 Å². The molecule has 2 aliphatic heterocycles. The lowest BCUT2D eigenvalue weighted by Crippen LogP contribution is -2.49. The summed E-state index contributed by atoms with van der Waals surface area (Å²) in [4.78, 5) is 44.0. The molecule has 1 aromatic heterocycles. The van der Waals surface area contributed by atoms with Gasteiger partial charge in [0.15, 0.2) is 0 Å². The summed E-state index contributed by atoms with van der Waals surface area (Å²) in [6, 6.07) is 8.08. The average molecular weight is 478 g/mol. The first-order chi connectivity index (χ1) is 16.9. The number of nitrogens with one attached hydrogen (secondary N) is 3. The van der Waals surface area contributed by atoms with Gasteiger partial charge < -0.3 is 25.3 Å². The van der Waals surface area contributed by atoms with Crippen molar-refractivity contribution >= 4 is 28.6 Å². The monoisotopic (exact) mass is 477 g/mol. The standard InChI is InChI=1S/C26H31N5O4/c1-35-22-7-2-6-19-18(22)12-20(30-19)25(34)31-15-26(8-4-9-26)13-21(31)24(33)29-17(14-27)11-16-5-3-10-28-23(16)32/h2,6-7,12,16-17,21,30H,3-5,8-11,13,15H2,1H3,(H,28,32)(H,29,33). The molecule has 1 aliphatic carbocycles. The SMILES string of the molecule is COc1cccc2[nH]c(C(=O)N3CC4(CCC4)CC3C(=O)NC(C#N)CC3CCCNC3=O)cc12. The minimum absolute atomic E-state index is 0.0350. The van der Waals surface area contributed by atoms with E-state index in [-0.39, 0.29) is 35.5 Å². The van der Waals surface area contributed by atoms with E-state index in [0.717, 1.165) is 36.6 Å². The van der Waals surface area contributed by atoms with E-state index in [1.54, 1.807) is 18.1 Å². The third kappa shape index (κ3) is 4.33. The molecule has 3 aliphatic rings. The van der Waals surface area contributed by atoms with Gasteiger partial charge in [-0.3, -0.25) is 14.4 Å². The number of likely N-dealkylation sites (tertiary alicyclic amines) is 1. The van der Waals surface area contributed by atoms with Crippen molar-refractivity contribution in [2.75, 3.05) is 20.2 Å². The molecular formula is C26H31N5O4. The second-order valence-corrected chi connectivity index (χ2v) is 10.2. The molecule has 3 amide bonds. The number of rotatable bonds is 6. The highest BCUT2D eigenvalue weighted by Gasteiger charge is 2.52. The normalized spacial score (nSPS) is 23.9. The first-order valence-corrected chi connectivity index (χ1v) is 12.4. The Kier molecular flexibility index (Phi) is 6.13. The Balaban J connectivity index is 1.35. The van der Waals surface area contributed by atoms with Crippen molar-refractivity contribution in [1.82, 2.24) is 20.5 Å². The van der Waals surface area contributed by atoms with Gasteiger partial charge in [0.25, 0.3) is 5.91 Å². The number of amides is 3.